The number of ketones is 1. The SMILES string of the molecule is CCN[C@H]1CO[C@@H](O[C@H]2[C@H](O[C@H]3C#C/C=C/C#C[C@]4(O)CC(=O)C(NC(=O)OC)=C3/C4=C\CSSC(C)(C)c3ccc(C(F)(F)F)cc3)O[C@H](C)[C@@H](NO[C@H]3C[C@H](O)[C@H](SC(=O)c4c(C)c(I)c(O[C@@H]5O[C@@H](C)[C@H](O)[C@@H](OC)[C@H]5O)c(OC)c4OC)[C@@H](C)O3)[C@@H]2O)C[C@@H]1OC. The van der Waals surface area contributed by atoms with Crippen LogP contribution in [-0.2, 0) is 63.2 Å². The first-order valence-corrected chi connectivity index (χ1v) is 34.7. The van der Waals surface area contributed by atoms with Crippen LogP contribution in [0.3, 0.4) is 0 Å². The Morgan fingerprint density at radius 1 is 0.842 bits per heavy atom. The van der Waals surface area contributed by atoms with Gasteiger partial charge in [-0.05, 0) is 106 Å². The van der Waals surface area contributed by atoms with Gasteiger partial charge in [-0.25, -0.2) is 4.79 Å². The predicted molar refractivity (Wildman–Crippen MR) is 351 cm³/mol. The standard InChI is InChI=1S/C64H81F3IN3O21S3/c1-13-69-37-29-85-42(27-41(37)80-8)90-55-50(75)47(71-92-43-26-38(72)57(33(5)86-43)94-58(77)44-30(2)46(68)53(56(83-11)52(44)81-9)91-59-51(76)54(82-10)49(74)32(4)88-59)31(3)87-60(55)89-40-18-16-14-15-17-24-63(79)28-39(73)48(70-61(78)84-12)45(40)36(63)23-25-93-95-62(6,7)34-19-21-35(22-20-34)64(65,66)67/h14-15,19-23,31-33,37-38,40-43,47,49-51,54-55,57,59-60,69,71-72,74-76,79H,13,25-29H2,1-12H3,(H,70,78)/b15-14+,36-23+/t31-,32+,33-,37+,38+,40+,41+,42+,43+,47-,49+,50+,51-,54-,55-,57-,59+,60+,63+/m1/s1. The van der Waals surface area contributed by atoms with Gasteiger partial charge >= 0.3 is 12.3 Å². The zero-order valence-corrected chi connectivity index (χ0v) is 58.8. The number of rotatable bonds is 23. The van der Waals surface area contributed by atoms with Gasteiger partial charge in [-0.15, -0.1) is 0 Å². The van der Waals surface area contributed by atoms with E-state index in [4.69, 9.17) is 61.7 Å². The van der Waals surface area contributed by atoms with Gasteiger partial charge < -0.3 is 87.7 Å². The quantitative estimate of drug-likeness (QED) is 0.0212. The Labute approximate surface area is 574 Å². The number of hydrogen-bond donors (Lipinski definition) is 8. The Morgan fingerprint density at radius 2 is 1.53 bits per heavy atom. The average molecular weight is 1510 g/mol. The average Bonchev–Trinajstić information content (AvgIpc) is 0.792. The molecule has 4 fully saturated rings. The van der Waals surface area contributed by atoms with E-state index in [1.165, 1.54) is 67.2 Å². The highest BCUT2D eigenvalue weighted by Crippen LogP contribution is 2.50. The number of carbonyl (C=O) groups excluding carboxylic acids is 3. The molecule has 2 aromatic carbocycles. The van der Waals surface area contributed by atoms with Gasteiger partial charge in [-0.2, -0.15) is 18.7 Å². The maximum atomic E-state index is 14.5. The lowest BCUT2D eigenvalue weighted by atomic mass is 9.75. The highest BCUT2D eigenvalue weighted by Gasteiger charge is 2.52. The lowest BCUT2D eigenvalue weighted by Gasteiger charge is -2.46. The fourth-order valence-electron chi connectivity index (χ4n) is 11.7. The Kier molecular flexibility index (Phi) is 26.8. The van der Waals surface area contributed by atoms with E-state index < -0.39 is 149 Å². The van der Waals surface area contributed by atoms with Crippen LogP contribution in [0.15, 0.2) is 59.3 Å². The minimum atomic E-state index is -4.52. The summed E-state index contributed by atoms with van der Waals surface area (Å²) >= 11 is 2.78. The van der Waals surface area contributed by atoms with Crippen LogP contribution in [0.1, 0.15) is 87.9 Å². The van der Waals surface area contributed by atoms with Gasteiger partial charge in [-0.3, -0.25) is 19.7 Å². The third-order valence-electron chi connectivity index (χ3n) is 16.8. The second kappa shape index (κ2) is 33.3. The molecule has 8 N–H and O–H groups in total. The molecule has 95 heavy (non-hydrogen) atoms. The van der Waals surface area contributed by atoms with Gasteiger partial charge in [0.2, 0.25) is 17.2 Å². The molecule has 4 aliphatic heterocycles. The van der Waals surface area contributed by atoms with Crippen molar-refractivity contribution in [2.75, 3.05) is 54.5 Å². The molecule has 6 aliphatic rings. The molecule has 31 heteroatoms. The number of carbonyl (C=O) groups is 3. The molecule has 1 amide bonds. The molecule has 0 saturated carbocycles. The second-order valence-electron chi connectivity index (χ2n) is 23.5. The number of aliphatic hydroxyl groups is 5. The minimum Gasteiger partial charge on any atom is -0.492 e. The van der Waals surface area contributed by atoms with Crippen LogP contribution in [0.4, 0.5) is 18.0 Å². The van der Waals surface area contributed by atoms with Crippen molar-refractivity contribution in [2.45, 2.75) is 194 Å². The summed E-state index contributed by atoms with van der Waals surface area (Å²) in [5.74, 6) is 10.8. The number of methoxy groups -OCH3 is 5. The number of halogens is 4. The summed E-state index contributed by atoms with van der Waals surface area (Å²) in [6.45, 7) is 12.9. The fraction of sp³-hybridized carbons (Fsp3) is 0.609. The zero-order valence-electron chi connectivity index (χ0n) is 54.2. The number of alkyl carbamates (subject to hydrolysis) is 1. The number of thioether (sulfide) groups is 1. The van der Waals surface area contributed by atoms with Gasteiger partial charge in [0.25, 0.3) is 0 Å². The number of aliphatic hydroxyl groups excluding tert-OH is 4. The van der Waals surface area contributed by atoms with Crippen LogP contribution in [0, 0.1) is 34.2 Å². The minimum absolute atomic E-state index is 0.00303. The molecular formula is C64H81F3IN3O21S3. The second-order valence-corrected chi connectivity index (χ2v) is 28.7. The van der Waals surface area contributed by atoms with Gasteiger partial charge in [0.05, 0.1) is 103 Å². The Bertz CT molecular complexity index is 3280. The van der Waals surface area contributed by atoms with Crippen molar-refractivity contribution in [2.24, 2.45) is 0 Å². The number of nitrogens with one attached hydrogen (secondary N) is 3. The van der Waals surface area contributed by atoms with E-state index in [0.29, 0.717) is 21.2 Å². The van der Waals surface area contributed by atoms with Crippen molar-refractivity contribution in [3.05, 3.63) is 85.2 Å². The van der Waals surface area contributed by atoms with Crippen molar-refractivity contribution < 1.29 is 115 Å². The number of benzene rings is 2. The lowest BCUT2D eigenvalue weighted by Crippen LogP contribution is -2.65. The van der Waals surface area contributed by atoms with E-state index in [0.717, 1.165) is 31.0 Å². The Hall–Kier alpha value is -4.28. The summed E-state index contributed by atoms with van der Waals surface area (Å²) in [5.41, 5.74) is 0.521. The molecule has 24 nitrogen and oxygen atoms in total. The molecule has 2 bridgehead atoms. The first kappa shape index (κ1) is 76.5. The number of ether oxygens (including phenoxy) is 12. The zero-order chi connectivity index (χ0) is 69.4. The fourth-order valence-corrected chi connectivity index (χ4v) is 15.9. The van der Waals surface area contributed by atoms with Crippen molar-refractivity contribution in [3.8, 4) is 40.9 Å². The van der Waals surface area contributed by atoms with Gasteiger partial charge in [-0.1, -0.05) is 82.2 Å². The monoisotopic (exact) mass is 1510 g/mol. The third-order valence-corrected chi connectivity index (χ3v) is 22.6. The molecule has 4 saturated heterocycles. The molecule has 0 spiro atoms. The number of alkyl halides is 3. The van der Waals surface area contributed by atoms with Gasteiger partial charge in [0.1, 0.15) is 36.6 Å². The smallest absolute Gasteiger partial charge is 0.416 e. The highest BCUT2D eigenvalue weighted by molar-refractivity contribution is 14.1. The van der Waals surface area contributed by atoms with E-state index in [9.17, 15) is 53.1 Å². The summed E-state index contributed by atoms with van der Waals surface area (Å²) in [4.78, 5) is 48.1. The van der Waals surface area contributed by atoms with Crippen LogP contribution in [0.2, 0.25) is 0 Å². The number of fused-ring (bicyclic) bond motifs is 2. The molecule has 0 unspecified atom stereocenters. The predicted octanol–water partition coefficient (Wildman–Crippen LogP) is 5.87. The summed E-state index contributed by atoms with van der Waals surface area (Å²) in [7, 11) is 9.29. The molecule has 524 valence electrons. The molecule has 0 radical (unpaired) electrons. The number of likely N-dealkylation sites (N-methyl/N-ethyl adjacent to an activating group) is 1. The van der Waals surface area contributed by atoms with E-state index in [1.54, 1.807) is 40.9 Å². The van der Waals surface area contributed by atoms with E-state index in [1.807, 2.05) is 43.4 Å². The normalized spacial score (nSPS) is 33.5. The molecule has 2 aromatic rings. The number of allylic oxidation sites excluding steroid dienone is 3. The van der Waals surface area contributed by atoms with Crippen LogP contribution in [-0.4, -0.2) is 212 Å². The maximum absolute atomic E-state index is 14.5. The Balaban J connectivity index is 1.04. The number of amides is 1. The van der Waals surface area contributed by atoms with Crippen LogP contribution >= 0.6 is 55.9 Å². The lowest BCUT2D eigenvalue weighted by molar-refractivity contribution is -0.336. The number of hydrogen-bond acceptors (Lipinski definition) is 26. The highest BCUT2D eigenvalue weighted by atomic mass is 127. The van der Waals surface area contributed by atoms with Crippen LogP contribution in [0.25, 0.3) is 0 Å². The van der Waals surface area contributed by atoms with Crippen molar-refractivity contribution >= 4 is 72.9 Å². The van der Waals surface area contributed by atoms with Gasteiger partial charge in [0.15, 0.2) is 41.8 Å². The number of hydroxylamine groups is 1. The van der Waals surface area contributed by atoms with E-state index in [2.05, 4.69) is 39.8 Å². The van der Waals surface area contributed by atoms with Crippen LogP contribution < -0.4 is 30.3 Å². The molecule has 19 atom stereocenters. The molecular weight excluding hydrogens is 1430 g/mol. The molecule has 8 rings (SSSR count). The first-order valence-electron chi connectivity index (χ1n) is 30.4. The van der Waals surface area contributed by atoms with Crippen molar-refractivity contribution in [1.82, 2.24) is 16.1 Å². The maximum Gasteiger partial charge on any atom is 0.416 e. The van der Waals surface area contributed by atoms with Crippen LogP contribution in [0.5, 0.6) is 17.2 Å². The first-order chi connectivity index (χ1) is 45.0. The molecule has 4 heterocycles. The summed E-state index contributed by atoms with van der Waals surface area (Å²) < 4.78 is 112. The summed E-state index contributed by atoms with van der Waals surface area (Å²) in [6.07, 6.45) is -19.7. The van der Waals surface area contributed by atoms with Crippen molar-refractivity contribution in [3.63, 3.8) is 0 Å². The van der Waals surface area contributed by atoms with E-state index in [-0.39, 0.29) is 70.9 Å². The largest absolute Gasteiger partial charge is 0.492 e. The van der Waals surface area contributed by atoms with Gasteiger partial charge in [0, 0.05) is 48.7 Å². The van der Waals surface area contributed by atoms with Crippen molar-refractivity contribution in [1.29, 1.82) is 0 Å². The molecule has 0 aromatic heterocycles. The topological polar surface area (TPSA) is 308 Å². The third kappa shape index (κ3) is 17.7. The summed E-state index contributed by atoms with van der Waals surface area (Å²) in [5, 5.41) is 63.1. The number of Topliss-reactive ketones (excluding diaryl/α,β-unsaturated/α-hetero) is 1. The molecule has 2 aliphatic carbocycles. The Morgan fingerprint density at radius 3 is 2.17 bits per heavy atom. The summed E-state index contributed by atoms with van der Waals surface area (Å²) in [6, 6.07) is 3.46. The van der Waals surface area contributed by atoms with E-state index >= 15 is 0 Å².